The summed E-state index contributed by atoms with van der Waals surface area (Å²) in [7, 11) is 0. The van der Waals surface area contributed by atoms with E-state index in [4.69, 9.17) is 10.3 Å². The molecule has 1 aliphatic carbocycles. The maximum atomic E-state index is 5.81. The van der Waals surface area contributed by atoms with E-state index in [1.807, 2.05) is 0 Å². The molecule has 0 amide bonds. The van der Waals surface area contributed by atoms with E-state index in [9.17, 15) is 0 Å². The van der Waals surface area contributed by atoms with Gasteiger partial charge in [-0.3, -0.25) is 0 Å². The van der Waals surface area contributed by atoms with Crippen LogP contribution in [-0.2, 0) is 12.8 Å². The molecule has 1 aromatic carbocycles. The standard InChI is InChI=1S/C12H12N2O/c13-11-7-14-15-12(11)10-6-2-4-8-3-1-5-9(8)10/h2,4,6-7H,1,3,5,13H2. The molecule has 2 N–H and O–H groups in total. The number of anilines is 1. The summed E-state index contributed by atoms with van der Waals surface area (Å²) in [6.07, 6.45) is 5.06. The highest BCUT2D eigenvalue weighted by Crippen LogP contribution is 2.34. The minimum Gasteiger partial charge on any atom is -0.394 e. The Morgan fingerprint density at radius 1 is 1.27 bits per heavy atom. The van der Waals surface area contributed by atoms with Crippen molar-refractivity contribution in [3.8, 4) is 11.3 Å². The first-order valence-electron chi connectivity index (χ1n) is 5.17. The van der Waals surface area contributed by atoms with Gasteiger partial charge in [0.05, 0.1) is 6.20 Å². The SMILES string of the molecule is Nc1cnoc1-c1cccc2c1CCC2. The second-order valence-corrected chi connectivity index (χ2v) is 3.91. The molecule has 76 valence electrons. The van der Waals surface area contributed by atoms with Crippen molar-refractivity contribution in [1.29, 1.82) is 0 Å². The smallest absolute Gasteiger partial charge is 0.189 e. The number of aromatic nitrogens is 1. The molecule has 1 aliphatic rings. The molecular formula is C12H12N2O. The number of benzene rings is 1. The number of hydrogen-bond acceptors (Lipinski definition) is 3. The first-order chi connectivity index (χ1) is 7.36. The second kappa shape index (κ2) is 3.12. The molecule has 3 heteroatoms. The molecule has 0 fully saturated rings. The summed E-state index contributed by atoms with van der Waals surface area (Å²) < 4.78 is 5.20. The molecule has 2 aromatic rings. The van der Waals surface area contributed by atoms with Crippen LogP contribution in [-0.4, -0.2) is 5.16 Å². The van der Waals surface area contributed by atoms with E-state index in [1.165, 1.54) is 17.5 Å². The largest absolute Gasteiger partial charge is 0.394 e. The number of aryl methyl sites for hydroxylation is 1. The number of fused-ring (bicyclic) bond motifs is 1. The fourth-order valence-electron chi connectivity index (χ4n) is 2.28. The van der Waals surface area contributed by atoms with Crippen LogP contribution in [0, 0.1) is 0 Å². The van der Waals surface area contributed by atoms with Gasteiger partial charge in [0.25, 0.3) is 0 Å². The molecule has 0 saturated carbocycles. The zero-order valence-electron chi connectivity index (χ0n) is 8.36. The van der Waals surface area contributed by atoms with E-state index in [0.717, 1.165) is 18.4 Å². The quantitative estimate of drug-likeness (QED) is 0.769. The van der Waals surface area contributed by atoms with Crippen LogP contribution in [0.2, 0.25) is 0 Å². The first-order valence-corrected chi connectivity index (χ1v) is 5.17. The Labute approximate surface area is 87.9 Å². The molecule has 0 saturated heterocycles. The Kier molecular flexibility index (Phi) is 1.78. The summed E-state index contributed by atoms with van der Waals surface area (Å²) in [5, 5.41) is 3.72. The molecule has 1 heterocycles. The van der Waals surface area contributed by atoms with Crippen LogP contribution in [0.3, 0.4) is 0 Å². The van der Waals surface area contributed by atoms with Crippen molar-refractivity contribution in [2.45, 2.75) is 19.3 Å². The lowest BCUT2D eigenvalue weighted by molar-refractivity contribution is 0.432. The van der Waals surface area contributed by atoms with Gasteiger partial charge in [-0.15, -0.1) is 0 Å². The number of nitrogen functional groups attached to an aromatic ring is 1. The van der Waals surface area contributed by atoms with Crippen molar-refractivity contribution in [2.24, 2.45) is 0 Å². The van der Waals surface area contributed by atoms with Crippen LogP contribution in [0.5, 0.6) is 0 Å². The second-order valence-electron chi connectivity index (χ2n) is 3.91. The molecule has 0 bridgehead atoms. The van der Waals surface area contributed by atoms with Crippen molar-refractivity contribution in [3.05, 3.63) is 35.5 Å². The minimum atomic E-state index is 0.621. The Morgan fingerprint density at radius 2 is 2.20 bits per heavy atom. The van der Waals surface area contributed by atoms with Gasteiger partial charge >= 0.3 is 0 Å². The monoisotopic (exact) mass is 200 g/mol. The molecule has 0 radical (unpaired) electrons. The van der Waals surface area contributed by atoms with Gasteiger partial charge < -0.3 is 10.3 Å². The number of rotatable bonds is 1. The van der Waals surface area contributed by atoms with E-state index >= 15 is 0 Å². The fraction of sp³-hybridized carbons (Fsp3) is 0.250. The Balaban J connectivity index is 2.21. The van der Waals surface area contributed by atoms with Crippen molar-refractivity contribution >= 4 is 5.69 Å². The Hall–Kier alpha value is -1.77. The van der Waals surface area contributed by atoms with Crippen molar-refractivity contribution in [3.63, 3.8) is 0 Å². The normalized spacial score (nSPS) is 14.1. The predicted octanol–water partition coefficient (Wildman–Crippen LogP) is 2.41. The van der Waals surface area contributed by atoms with Crippen LogP contribution in [0.15, 0.2) is 28.9 Å². The summed E-state index contributed by atoms with van der Waals surface area (Å²) >= 11 is 0. The lowest BCUT2D eigenvalue weighted by atomic mass is 10.0. The van der Waals surface area contributed by atoms with Crippen LogP contribution < -0.4 is 5.73 Å². The van der Waals surface area contributed by atoms with Gasteiger partial charge in [0, 0.05) is 5.56 Å². The summed E-state index contributed by atoms with van der Waals surface area (Å²) in [5.41, 5.74) is 10.3. The molecule has 0 atom stereocenters. The van der Waals surface area contributed by atoms with Crippen molar-refractivity contribution in [1.82, 2.24) is 5.16 Å². The first kappa shape index (κ1) is 8.53. The molecule has 3 rings (SSSR count). The predicted molar refractivity (Wildman–Crippen MR) is 58.4 cm³/mol. The molecular weight excluding hydrogens is 188 g/mol. The fourth-order valence-corrected chi connectivity index (χ4v) is 2.28. The summed E-state index contributed by atoms with van der Waals surface area (Å²) in [5.74, 6) is 0.716. The average molecular weight is 200 g/mol. The number of nitrogens with zero attached hydrogens (tertiary/aromatic N) is 1. The van der Waals surface area contributed by atoms with Gasteiger partial charge in [-0.1, -0.05) is 23.4 Å². The van der Waals surface area contributed by atoms with Crippen LogP contribution in [0.4, 0.5) is 5.69 Å². The van der Waals surface area contributed by atoms with Gasteiger partial charge in [-0.05, 0) is 30.4 Å². The number of hydrogen-bond donors (Lipinski definition) is 1. The van der Waals surface area contributed by atoms with E-state index in [1.54, 1.807) is 6.20 Å². The van der Waals surface area contributed by atoms with Gasteiger partial charge in [-0.25, -0.2) is 0 Å². The average Bonchev–Trinajstić information content (AvgIpc) is 2.85. The zero-order valence-corrected chi connectivity index (χ0v) is 8.36. The molecule has 3 nitrogen and oxygen atoms in total. The van der Waals surface area contributed by atoms with Crippen molar-refractivity contribution in [2.75, 3.05) is 5.73 Å². The lowest BCUT2D eigenvalue weighted by Crippen LogP contribution is -1.90. The molecule has 1 aromatic heterocycles. The Bertz CT molecular complexity index is 502. The van der Waals surface area contributed by atoms with E-state index in [0.29, 0.717) is 11.4 Å². The van der Waals surface area contributed by atoms with Crippen LogP contribution in [0.1, 0.15) is 17.5 Å². The maximum Gasteiger partial charge on any atom is 0.189 e. The van der Waals surface area contributed by atoms with Gasteiger partial charge in [-0.2, -0.15) is 0 Å². The Morgan fingerprint density at radius 3 is 3.00 bits per heavy atom. The van der Waals surface area contributed by atoms with Crippen LogP contribution in [0.25, 0.3) is 11.3 Å². The highest BCUT2D eigenvalue weighted by atomic mass is 16.5. The van der Waals surface area contributed by atoms with Gasteiger partial charge in [0.1, 0.15) is 5.69 Å². The summed E-state index contributed by atoms with van der Waals surface area (Å²) in [6, 6.07) is 6.29. The van der Waals surface area contributed by atoms with Crippen LogP contribution >= 0.6 is 0 Å². The maximum absolute atomic E-state index is 5.81. The molecule has 0 spiro atoms. The minimum absolute atomic E-state index is 0.621. The van der Waals surface area contributed by atoms with Gasteiger partial charge in [0.2, 0.25) is 0 Å². The molecule has 0 unspecified atom stereocenters. The third kappa shape index (κ3) is 1.23. The molecule has 15 heavy (non-hydrogen) atoms. The third-order valence-corrected chi connectivity index (χ3v) is 2.99. The lowest BCUT2D eigenvalue weighted by Gasteiger charge is -2.05. The third-order valence-electron chi connectivity index (χ3n) is 2.99. The topological polar surface area (TPSA) is 52.0 Å². The number of nitrogens with two attached hydrogens (primary N) is 1. The highest BCUT2D eigenvalue weighted by Gasteiger charge is 2.18. The molecule has 0 aliphatic heterocycles. The van der Waals surface area contributed by atoms with Crippen molar-refractivity contribution < 1.29 is 4.52 Å². The van der Waals surface area contributed by atoms with E-state index in [2.05, 4.69) is 23.4 Å². The highest BCUT2D eigenvalue weighted by molar-refractivity contribution is 5.74. The van der Waals surface area contributed by atoms with E-state index in [-0.39, 0.29) is 0 Å². The summed E-state index contributed by atoms with van der Waals surface area (Å²) in [4.78, 5) is 0. The zero-order chi connectivity index (χ0) is 10.3. The van der Waals surface area contributed by atoms with Gasteiger partial charge in [0.15, 0.2) is 5.76 Å². The summed E-state index contributed by atoms with van der Waals surface area (Å²) in [6.45, 7) is 0. The van der Waals surface area contributed by atoms with E-state index < -0.39 is 0 Å².